The second kappa shape index (κ2) is 3.35. The molecule has 1 saturated carbocycles. The van der Waals surface area contributed by atoms with Crippen molar-refractivity contribution in [1.82, 2.24) is 14.9 Å². The maximum Gasteiger partial charge on any atom is 0.112 e. The SMILES string of the molecule is Brc1cnc(C2CC2)n1C1CCNC1. The molecule has 2 aliphatic rings. The first-order valence-corrected chi connectivity index (χ1v) is 6.09. The fourth-order valence-corrected chi connectivity index (χ4v) is 2.79. The molecule has 0 aromatic carbocycles. The van der Waals surface area contributed by atoms with Crippen LogP contribution in [0.2, 0.25) is 0 Å². The molecule has 3 rings (SSSR count). The van der Waals surface area contributed by atoms with Gasteiger partial charge in [-0.15, -0.1) is 0 Å². The van der Waals surface area contributed by atoms with Crippen LogP contribution in [0, 0.1) is 0 Å². The number of rotatable bonds is 2. The average molecular weight is 256 g/mol. The fraction of sp³-hybridized carbons (Fsp3) is 0.700. The summed E-state index contributed by atoms with van der Waals surface area (Å²) < 4.78 is 3.53. The van der Waals surface area contributed by atoms with Gasteiger partial charge < -0.3 is 9.88 Å². The van der Waals surface area contributed by atoms with Crippen LogP contribution in [0.4, 0.5) is 0 Å². The third kappa shape index (κ3) is 1.41. The van der Waals surface area contributed by atoms with Gasteiger partial charge in [0.2, 0.25) is 0 Å². The lowest BCUT2D eigenvalue weighted by atomic mass is 10.2. The highest BCUT2D eigenvalue weighted by molar-refractivity contribution is 9.10. The molecule has 1 atom stereocenters. The molecule has 0 bridgehead atoms. The maximum atomic E-state index is 4.51. The topological polar surface area (TPSA) is 29.9 Å². The standard InChI is InChI=1S/C10H14BrN3/c11-9-6-13-10(7-1-2-7)14(9)8-3-4-12-5-8/h6-8,12H,1-5H2. The van der Waals surface area contributed by atoms with E-state index in [1.165, 1.54) is 25.1 Å². The van der Waals surface area contributed by atoms with E-state index in [1.54, 1.807) is 0 Å². The van der Waals surface area contributed by atoms with Crippen molar-refractivity contribution in [1.29, 1.82) is 0 Å². The number of halogens is 1. The Bertz CT molecular complexity index is 337. The van der Waals surface area contributed by atoms with Gasteiger partial charge in [-0.2, -0.15) is 0 Å². The lowest BCUT2D eigenvalue weighted by Gasteiger charge is -2.15. The van der Waals surface area contributed by atoms with Crippen LogP contribution in [-0.4, -0.2) is 22.6 Å². The molecular formula is C10H14BrN3. The van der Waals surface area contributed by atoms with E-state index in [0.29, 0.717) is 6.04 Å². The van der Waals surface area contributed by atoms with Crippen molar-refractivity contribution in [3.05, 3.63) is 16.6 Å². The van der Waals surface area contributed by atoms with Crippen molar-refractivity contribution in [2.24, 2.45) is 0 Å². The van der Waals surface area contributed by atoms with Crippen LogP contribution >= 0.6 is 15.9 Å². The highest BCUT2D eigenvalue weighted by atomic mass is 79.9. The van der Waals surface area contributed by atoms with Gasteiger partial charge in [-0.1, -0.05) is 0 Å². The summed E-state index contributed by atoms with van der Waals surface area (Å²) in [6.45, 7) is 2.23. The van der Waals surface area contributed by atoms with Gasteiger partial charge in [0.15, 0.2) is 0 Å². The molecule has 0 radical (unpaired) electrons. The van der Waals surface area contributed by atoms with Crippen LogP contribution in [0.5, 0.6) is 0 Å². The number of nitrogens with zero attached hydrogens (tertiary/aromatic N) is 2. The molecule has 2 heterocycles. The molecule has 0 amide bonds. The molecule has 4 heteroatoms. The van der Waals surface area contributed by atoms with Crippen molar-refractivity contribution in [2.75, 3.05) is 13.1 Å². The second-order valence-corrected chi connectivity index (χ2v) is 5.04. The first kappa shape index (κ1) is 8.92. The van der Waals surface area contributed by atoms with E-state index in [2.05, 4.69) is 30.8 Å². The molecule has 3 nitrogen and oxygen atoms in total. The summed E-state index contributed by atoms with van der Waals surface area (Å²) in [6.07, 6.45) is 5.83. The maximum absolute atomic E-state index is 4.51. The predicted octanol–water partition coefficient (Wildman–Crippen LogP) is 2.06. The van der Waals surface area contributed by atoms with Crippen molar-refractivity contribution in [3.63, 3.8) is 0 Å². The van der Waals surface area contributed by atoms with Gasteiger partial charge in [-0.25, -0.2) is 4.98 Å². The van der Waals surface area contributed by atoms with Gasteiger partial charge in [-0.3, -0.25) is 0 Å². The molecule has 1 aromatic heterocycles. The van der Waals surface area contributed by atoms with Crippen molar-refractivity contribution in [3.8, 4) is 0 Å². The minimum absolute atomic E-state index is 0.613. The minimum atomic E-state index is 0.613. The number of hydrogen-bond acceptors (Lipinski definition) is 2. The smallest absolute Gasteiger partial charge is 0.112 e. The molecular weight excluding hydrogens is 242 g/mol. The summed E-state index contributed by atoms with van der Waals surface area (Å²) in [4.78, 5) is 4.51. The normalized spacial score (nSPS) is 27.1. The van der Waals surface area contributed by atoms with E-state index in [9.17, 15) is 0 Å². The Morgan fingerprint density at radius 3 is 2.93 bits per heavy atom. The second-order valence-electron chi connectivity index (χ2n) is 4.23. The van der Waals surface area contributed by atoms with Crippen LogP contribution in [-0.2, 0) is 0 Å². The van der Waals surface area contributed by atoms with E-state index >= 15 is 0 Å². The van der Waals surface area contributed by atoms with E-state index in [4.69, 9.17) is 0 Å². The molecule has 14 heavy (non-hydrogen) atoms. The summed E-state index contributed by atoms with van der Waals surface area (Å²) in [5.74, 6) is 2.03. The monoisotopic (exact) mass is 255 g/mol. The summed E-state index contributed by atoms with van der Waals surface area (Å²) in [7, 11) is 0. The first-order valence-electron chi connectivity index (χ1n) is 5.29. The molecule has 1 unspecified atom stereocenters. The Balaban J connectivity index is 1.96. The van der Waals surface area contributed by atoms with Crippen LogP contribution in [0.3, 0.4) is 0 Å². The Labute approximate surface area is 92.0 Å². The highest BCUT2D eigenvalue weighted by Gasteiger charge is 2.31. The Hall–Kier alpha value is -0.350. The number of aromatic nitrogens is 2. The van der Waals surface area contributed by atoms with Crippen molar-refractivity contribution < 1.29 is 0 Å². The Morgan fingerprint density at radius 1 is 1.43 bits per heavy atom. The lowest BCUT2D eigenvalue weighted by molar-refractivity contribution is 0.515. The molecule has 1 N–H and O–H groups in total. The molecule has 0 spiro atoms. The van der Waals surface area contributed by atoms with Crippen molar-refractivity contribution >= 4 is 15.9 Å². The van der Waals surface area contributed by atoms with E-state index in [0.717, 1.165) is 23.6 Å². The van der Waals surface area contributed by atoms with Crippen LogP contribution in [0.15, 0.2) is 10.8 Å². The number of nitrogens with one attached hydrogen (secondary N) is 1. The van der Waals surface area contributed by atoms with Gasteiger partial charge in [0.25, 0.3) is 0 Å². The molecule has 2 fully saturated rings. The minimum Gasteiger partial charge on any atom is -0.318 e. The summed E-state index contributed by atoms with van der Waals surface area (Å²) in [6, 6.07) is 0.613. The molecule has 1 aliphatic heterocycles. The zero-order chi connectivity index (χ0) is 9.54. The zero-order valence-electron chi connectivity index (χ0n) is 8.04. The lowest BCUT2D eigenvalue weighted by Crippen LogP contribution is -2.15. The predicted molar refractivity (Wildman–Crippen MR) is 58.4 cm³/mol. The average Bonchev–Trinajstić information content (AvgIpc) is 2.75. The number of imidazole rings is 1. The van der Waals surface area contributed by atoms with Crippen LogP contribution in [0.25, 0.3) is 0 Å². The van der Waals surface area contributed by atoms with Crippen LogP contribution in [0.1, 0.15) is 37.0 Å². The first-order chi connectivity index (χ1) is 6.86. The van der Waals surface area contributed by atoms with E-state index in [-0.39, 0.29) is 0 Å². The quantitative estimate of drug-likeness (QED) is 0.877. The van der Waals surface area contributed by atoms with Crippen molar-refractivity contribution in [2.45, 2.75) is 31.2 Å². The van der Waals surface area contributed by atoms with Gasteiger partial charge in [0, 0.05) is 18.5 Å². The third-order valence-electron chi connectivity index (χ3n) is 3.12. The molecule has 1 aliphatic carbocycles. The fourth-order valence-electron chi connectivity index (χ4n) is 2.22. The largest absolute Gasteiger partial charge is 0.318 e. The summed E-state index contributed by atoms with van der Waals surface area (Å²) in [5.41, 5.74) is 0. The summed E-state index contributed by atoms with van der Waals surface area (Å²) in [5, 5.41) is 3.40. The number of hydrogen-bond donors (Lipinski definition) is 1. The van der Waals surface area contributed by atoms with Gasteiger partial charge in [0.05, 0.1) is 6.20 Å². The Kier molecular flexibility index (Phi) is 2.13. The summed E-state index contributed by atoms with van der Waals surface area (Å²) >= 11 is 3.60. The molecule has 76 valence electrons. The van der Waals surface area contributed by atoms with Gasteiger partial charge in [0.1, 0.15) is 10.4 Å². The molecule has 1 saturated heterocycles. The van der Waals surface area contributed by atoms with Crippen LogP contribution < -0.4 is 5.32 Å². The van der Waals surface area contributed by atoms with E-state index < -0.39 is 0 Å². The zero-order valence-corrected chi connectivity index (χ0v) is 9.63. The third-order valence-corrected chi connectivity index (χ3v) is 3.71. The van der Waals surface area contributed by atoms with Gasteiger partial charge >= 0.3 is 0 Å². The Morgan fingerprint density at radius 2 is 2.29 bits per heavy atom. The highest BCUT2D eigenvalue weighted by Crippen LogP contribution is 2.41. The van der Waals surface area contributed by atoms with Gasteiger partial charge in [-0.05, 0) is 41.7 Å². The van der Waals surface area contributed by atoms with E-state index in [1.807, 2.05) is 6.20 Å². The molecule has 1 aromatic rings.